The fourth-order valence-electron chi connectivity index (χ4n) is 4.22. The molecule has 0 fully saturated rings. The van der Waals surface area contributed by atoms with Crippen LogP contribution in [0, 0.1) is 13.8 Å². The van der Waals surface area contributed by atoms with Gasteiger partial charge in [-0.2, -0.15) is 0 Å². The van der Waals surface area contributed by atoms with Crippen LogP contribution in [-0.4, -0.2) is 50.5 Å². The number of halogens is 2. The number of aryl methyl sites for hydroxylation is 2. The zero-order chi connectivity index (χ0) is 27.8. The van der Waals surface area contributed by atoms with Gasteiger partial charge in [0, 0.05) is 26.1 Å². The summed E-state index contributed by atoms with van der Waals surface area (Å²) in [6.45, 7) is 8.49. The zero-order valence-electron chi connectivity index (χ0n) is 22.2. The fourth-order valence-corrected chi connectivity index (χ4v) is 5.49. The number of anilines is 1. The molecule has 0 unspecified atom stereocenters. The van der Waals surface area contributed by atoms with E-state index in [2.05, 4.69) is 5.32 Å². The third-order valence-corrected chi connectivity index (χ3v) is 7.85. The maximum atomic E-state index is 13.5. The molecule has 0 saturated heterocycles. The molecule has 0 bridgehead atoms. The largest absolute Gasteiger partial charge is 0.354 e. The Kier molecular flexibility index (Phi) is 11.7. The molecule has 37 heavy (non-hydrogen) atoms. The smallest absolute Gasteiger partial charge is 0.242 e. The van der Waals surface area contributed by atoms with Gasteiger partial charge >= 0.3 is 0 Å². The van der Waals surface area contributed by atoms with Crippen molar-refractivity contribution in [3.63, 3.8) is 0 Å². The quantitative estimate of drug-likeness (QED) is 0.345. The van der Waals surface area contributed by atoms with E-state index in [9.17, 15) is 18.0 Å². The highest BCUT2D eigenvalue weighted by molar-refractivity contribution is 7.92. The number of nitrogens with one attached hydrogen (secondary N) is 1. The molecule has 1 atom stereocenters. The van der Waals surface area contributed by atoms with E-state index >= 15 is 0 Å². The summed E-state index contributed by atoms with van der Waals surface area (Å²) >= 11 is 12.2. The average Bonchev–Trinajstić information content (AvgIpc) is 2.80. The maximum Gasteiger partial charge on any atom is 0.242 e. The van der Waals surface area contributed by atoms with E-state index in [1.165, 1.54) is 4.31 Å². The molecule has 0 aliphatic carbocycles. The van der Waals surface area contributed by atoms with E-state index in [1.807, 2.05) is 45.9 Å². The van der Waals surface area contributed by atoms with Crippen molar-refractivity contribution < 1.29 is 18.0 Å². The summed E-state index contributed by atoms with van der Waals surface area (Å²) in [6, 6.07) is 10.1. The molecule has 2 amide bonds. The van der Waals surface area contributed by atoms with Crippen molar-refractivity contribution in [2.75, 3.05) is 23.7 Å². The Morgan fingerprint density at radius 2 is 1.65 bits per heavy atom. The van der Waals surface area contributed by atoms with Crippen molar-refractivity contribution in [2.45, 2.75) is 66.0 Å². The number of carbonyl (C=O) groups excluding carboxylic acids is 2. The van der Waals surface area contributed by atoms with Crippen molar-refractivity contribution in [1.82, 2.24) is 10.2 Å². The molecular weight excluding hydrogens is 533 g/mol. The zero-order valence-corrected chi connectivity index (χ0v) is 24.5. The van der Waals surface area contributed by atoms with E-state index in [4.69, 9.17) is 23.2 Å². The third-order valence-electron chi connectivity index (χ3n) is 5.92. The number of hydrogen-bond acceptors (Lipinski definition) is 4. The van der Waals surface area contributed by atoms with Gasteiger partial charge in [-0.1, -0.05) is 49.2 Å². The molecular formula is C27H37Cl2N3O4S. The molecule has 204 valence electrons. The average molecular weight is 571 g/mol. The van der Waals surface area contributed by atoms with E-state index in [0.717, 1.165) is 29.4 Å². The summed E-state index contributed by atoms with van der Waals surface area (Å²) in [7, 11) is -3.55. The molecule has 0 radical (unpaired) electrons. The van der Waals surface area contributed by atoms with Gasteiger partial charge in [-0.15, -0.1) is 0 Å². The third kappa shape index (κ3) is 9.20. The first-order valence-corrected chi connectivity index (χ1v) is 15.0. The van der Waals surface area contributed by atoms with Crippen LogP contribution in [0.4, 0.5) is 5.69 Å². The second-order valence-electron chi connectivity index (χ2n) is 9.27. The Morgan fingerprint density at radius 1 is 1.00 bits per heavy atom. The molecule has 0 aromatic heterocycles. The Morgan fingerprint density at radius 3 is 2.19 bits per heavy atom. The van der Waals surface area contributed by atoms with E-state index in [-0.39, 0.29) is 31.3 Å². The normalized spacial score (nSPS) is 12.2. The summed E-state index contributed by atoms with van der Waals surface area (Å²) in [5.74, 6) is -0.454. The Labute approximate surface area is 231 Å². The topological polar surface area (TPSA) is 86.8 Å². The Hall–Kier alpha value is -2.29. The lowest BCUT2D eigenvalue weighted by molar-refractivity contribution is -0.141. The summed E-state index contributed by atoms with van der Waals surface area (Å²) in [5, 5.41) is 3.66. The van der Waals surface area contributed by atoms with Crippen molar-refractivity contribution in [1.29, 1.82) is 0 Å². The first-order valence-electron chi connectivity index (χ1n) is 12.4. The standard InChI is InChI=1S/C27H37Cl2N3O4S/c1-6-12-30-27(34)25(7-2)31(18-21-10-11-23(28)24(29)17-21)26(33)9-8-13-32(37(5,35)36)22-15-19(3)14-20(4)16-22/h10-11,14-17,25H,6-9,12-13,18H2,1-5H3,(H,30,34)/t25-/m1/s1. The molecule has 2 rings (SSSR count). The van der Waals surface area contributed by atoms with Crippen LogP contribution in [0.25, 0.3) is 0 Å². The summed E-state index contributed by atoms with van der Waals surface area (Å²) < 4.78 is 26.5. The van der Waals surface area contributed by atoms with Gasteiger partial charge in [0.05, 0.1) is 22.0 Å². The lowest BCUT2D eigenvalue weighted by Gasteiger charge is -2.31. The molecule has 1 N–H and O–H groups in total. The predicted octanol–water partition coefficient (Wildman–Crippen LogP) is 5.49. The van der Waals surface area contributed by atoms with Crippen LogP contribution in [0.15, 0.2) is 36.4 Å². The van der Waals surface area contributed by atoms with E-state index in [0.29, 0.717) is 35.1 Å². The summed E-state index contributed by atoms with van der Waals surface area (Å²) in [5.41, 5.74) is 3.23. The predicted molar refractivity (Wildman–Crippen MR) is 152 cm³/mol. The molecule has 2 aromatic carbocycles. The molecule has 2 aromatic rings. The van der Waals surface area contributed by atoms with E-state index < -0.39 is 16.1 Å². The minimum atomic E-state index is -3.55. The highest BCUT2D eigenvalue weighted by Crippen LogP contribution is 2.25. The van der Waals surface area contributed by atoms with Gasteiger partial charge in [0.1, 0.15) is 6.04 Å². The van der Waals surface area contributed by atoms with Gasteiger partial charge in [-0.3, -0.25) is 13.9 Å². The second-order valence-corrected chi connectivity index (χ2v) is 12.0. The number of sulfonamides is 1. The second kappa shape index (κ2) is 14.0. The first kappa shape index (κ1) is 30.9. The number of carbonyl (C=O) groups is 2. The van der Waals surface area contributed by atoms with Crippen LogP contribution in [0.2, 0.25) is 10.0 Å². The van der Waals surface area contributed by atoms with Crippen LogP contribution in [0.3, 0.4) is 0 Å². The van der Waals surface area contributed by atoms with Gasteiger partial charge in [0.25, 0.3) is 0 Å². The molecule has 0 aliphatic rings. The number of amides is 2. The lowest BCUT2D eigenvalue weighted by atomic mass is 10.1. The summed E-state index contributed by atoms with van der Waals surface area (Å²) in [6.07, 6.45) is 2.75. The maximum absolute atomic E-state index is 13.5. The Bertz CT molecular complexity index is 1180. The Balaban J connectivity index is 2.25. The van der Waals surface area contributed by atoms with Crippen molar-refractivity contribution >= 4 is 50.7 Å². The number of benzene rings is 2. The van der Waals surface area contributed by atoms with Crippen molar-refractivity contribution in [3.8, 4) is 0 Å². The monoisotopic (exact) mass is 569 g/mol. The van der Waals surface area contributed by atoms with Crippen LogP contribution in [0.1, 0.15) is 56.2 Å². The van der Waals surface area contributed by atoms with Gasteiger partial charge in [-0.25, -0.2) is 8.42 Å². The highest BCUT2D eigenvalue weighted by atomic mass is 35.5. The van der Waals surface area contributed by atoms with Crippen LogP contribution >= 0.6 is 23.2 Å². The fraction of sp³-hybridized carbons (Fsp3) is 0.481. The van der Waals surface area contributed by atoms with Crippen molar-refractivity contribution in [2.24, 2.45) is 0 Å². The molecule has 0 aliphatic heterocycles. The van der Waals surface area contributed by atoms with Crippen LogP contribution in [0.5, 0.6) is 0 Å². The van der Waals surface area contributed by atoms with Gasteiger partial charge in [0.15, 0.2) is 0 Å². The number of rotatable bonds is 13. The summed E-state index contributed by atoms with van der Waals surface area (Å²) in [4.78, 5) is 27.9. The molecule has 0 saturated carbocycles. The SMILES string of the molecule is CCCNC(=O)[C@@H](CC)N(Cc1ccc(Cl)c(Cl)c1)C(=O)CCCN(c1cc(C)cc(C)c1)S(C)(=O)=O. The lowest BCUT2D eigenvalue weighted by Crippen LogP contribution is -2.49. The number of nitrogens with zero attached hydrogens (tertiary/aromatic N) is 2. The van der Waals surface area contributed by atoms with Crippen LogP contribution in [-0.2, 0) is 26.2 Å². The minimum absolute atomic E-state index is 0.0791. The minimum Gasteiger partial charge on any atom is -0.354 e. The molecule has 0 heterocycles. The van der Waals surface area contributed by atoms with Crippen LogP contribution < -0.4 is 9.62 Å². The van der Waals surface area contributed by atoms with E-state index in [1.54, 1.807) is 23.1 Å². The van der Waals surface area contributed by atoms with Gasteiger partial charge in [-0.05, 0) is 74.1 Å². The van der Waals surface area contributed by atoms with Gasteiger partial charge in [0.2, 0.25) is 21.8 Å². The van der Waals surface area contributed by atoms with Gasteiger partial charge < -0.3 is 10.2 Å². The molecule has 7 nitrogen and oxygen atoms in total. The molecule has 0 spiro atoms. The highest BCUT2D eigenvalue weighted by Gasteiger charge is 2.29. The first-order chi connectivity index (χ1) is 17.4. The number of hydrogen-bond donors (Lipinski definition) is 1. The molecule has 10 heteroatoms. The van der Waals surface area contributed by atoms with Crippen molar-refractivity contribution in [3.05, 3.63) is 63.1 Å².